The maximum Gasteiger partial charge on any atom is 0.129 e. The van der Waals surface area contributed by atoms with Gasteiger partial charge in [0.25, 0.3) is 0 Å². The highest BCUT2D eigenvalue weighted by molar-refractivity contribution is 5.51. The fourth-order valence-electron chi connectivity index (χ4n) is 2.32. The van der Waals surface area contributed by atoms with Gasteiger partial charge in [-0.1, -0.05) is 12.1 Å². The Morgan fingerprint density at radius 3 is 3.11 bits per heavy atom. The molecule has 0 aliphatic carbocycles. The van der Waals surface area contributed by atoms with E-state index in [-0.39, 0.29) is 0 Å². The van der Waals surface area contributed by atoms with Crippen molar-refractivity contribution in [1.82, 2.24) is 4.98 Å². The van der Waals surface area contributed by atoms with E-state index in [2.05, 4.69) is 22.4 Å². The summed E-state index contributed by atoms with van der Waals surface area (Å²) in [6.07, 6.45) is 2.67. The van der Waals surface area contributed by atoms with Gasteiger partial charge in [0.1, 0.15) is 11.6 Å². The van der Waals surface area contributed by atoms with E-state index in [1.165, 1.54) is 11.1 Å². The van der Waals surface area contributed by atoms with Gasteiger partial charge in [-0.25, -0.2) is 4.98 Å². The second-order valence-corrected chi connectivity index (χ2v) is 4.83. The molecule has 0 saturated carbocycles. The summed E-state index contributed by atoms with van der Waals surface area (Å²) in [4.78, 5) is 4.30. The summed E-state index contributed by atoms with van der Waals surface area (Å²) in [7, 11) is 0. The zero-order valence-electron chi connectivity index (χ0n) is 10.9. The topological polar surface area (TPSA) is 60.2 Å². The van der Waals surface area contributed by atoms with Gasteiger partial charge in [0.05, 0.1) is 18.5 Å². The molecule has 0 spiro atoms. The van der Waals surface area contributed by atoms with Gasteiger partial charge < -0.3 is 15.8 Å². The molecule has 2 heterocycles. The summed E-state index contributed by atoms with van der Waals surface area (Å²) in [5.74, 6) is 1.90. The smallest absolute Gasteiger partial charge is 0.129 e. The third-order valence-electron chi connectivity index (χ3n) is 3.31. The van der Waals surface area contributed by atoms with Gasteiger partial charge in [-0.05, 0) is 35.7 Å². The Balaban J connectivity index is 1.72. The molecule has 0 saturated heterocycles. The van der Waals surface area contributed by atoms with E-state index in [9.17, 15) is 0 Å². The van der Waals surface area contributed by atoms with Crippen LogP contribution in [0, 0.1) is 6.92 Å². The maximum absolute atomic E-state index is 5.69. The first-order chi connectivity index (χ1) is 9.22. The molecule has 0 radical (unpaired) electrons. The van der Waals surface area contributed by atoms with Crippen LogP contribution in [0.3, 0.4) is 0 Å². The van der Waals surface area contributed by atoms with Crippen molar-refractivity contribution < 1.29 is 4.74 Å². The zero-order chi connectivity index (χ0) is 13.2. The van der Waals surface area contributed by atoms with Crippen molar-refractivity contribution in [1.29, 1.82) is 0 Å². The van der Waals surface area contributed by atoms with E-state index < -0.39 is 0 Å². The number of rotatable bonds is 3. The highest BCUT2D eigenvalue weighted by Gasteiger charge is 2.11. The van der Waals surface area contributed by atoms with E-state index in [1.54, 1.807) is 6.20 Å². The van der Waals surface area contributed by atoms with Crippen molar-refractivity contribution >= 4 is 11.5 Å². The fourth-order valence-corrected chi connectivity index (χ4v) is 2.32. The van der Waals surface area contributed by atoms with Gasteiger partial charge in [-0.3, -0.25) is 0 Å². The number of hydrogen-bond donors (Lipinski definition) is 2. The van der Waals surface area contributed by atoms with Crippen LogP contribution in [0.1, 0.15) is 16.7 Å². The Hall–Kier alpha value is -2.23. The molecular formula is C15H17N3O. The van der Waals surface area contributed by atoms with E-state index in [0.29, 0.717) is 5.69 Å². The molecule has 3 rings (SSSR count). The highest BCUT2D eigenvalue weighted by atomic mass is 16.5. The molecular weight excluding hydrogens is 238 g/mol. The number of aromatic nitrogens is 1. The average molecular weight is 255 g/mol. The maximum atomic E-state index is 5.69. The molecule has 3 N–H and O–H groups in total. The molecule has 4 heteroatoms. The highest BCUT2D eigenvalue weighted by Crippen LogP contribution is 2.26. The minimum absolute atomic E-state index is 0.692. The number of ether oxygens (including phenoxy) is 1. The van der Waals surface area contributed by atoms with E-state index in [0.717, 1.165) is 36.7 Å². The molecule has 4 nitrogen and oxygen atoms in total. The van der Waals surface area contributed by atoms with E-state index >= 15 is 0 Å². The van der Waals surface area contributed by atoms with Crippen LogP contribution in [0.4, 0.5) is 11.5 Å². The largest absolute Gasteiger partial charge is 0.493 e. The number of benzene rings is 1. The molecule has 0 atom stereocenters. The molecule has 1 aliphatic heterocycles. The lowest BCUT2D eigenvalue weighted by molar-refractivity contribution is 0.357. The lowest BCUT2D eigenvalue weighted by Crippen LogP contribution is -2.04. The Labute approximate surface area is 112 Å². The average Bonchev–Trinajstić information content (AvgIpc) is 2.85. The van der Waals surface area contributed by atoms with Crippen molar-refractivity contribution in [2.75, 3.05) is 17.7 Å². The lowest BCUT2D eigenvalue weighted by Gasteiger charge is -2.10. The zero-order valence-corrected chi connectivity index (χ0v) is 10.9. The van der Waals surface area contributed by atoms with Gasteiger partial charge in [0.15, 0.2) is 0 Å². The van der Waals surface area contributed by atoms with Gasteiger partial charge >= 0.3 is 0 Å². The van der Waals surface area contributed by atoms with Crippen LogP contribution < -0.4 is 15.8 Å². The molecule has 0 unspecified atom stereocenters. The van der Waals surface area contributed by atoms with Crippen LogP contribution in [-0.4, -0.2) is 11.6 Å². The standard InChI is InChI=1S/C15H17N3O/c1-10-6-13(16)9-18-15(10)17-8-11-2-3-14-12(7-11)4-5-19-14/h2-3,6-7,9H,4-5,8,16H2,1H3,(H,17,18). The van der Waals surface area contributed by atoms with Crippen LogP contribution in [0.5, 0.6) is 5.75 Å². The normalized spacial score (nSPS) is 12.9. The molecule has 1 aliphatic rings. The Morgan fingerprint density at radius 1 is 1.37 bits per heavy atom. The van der Waals surface area contributed by atoms with Gasteiger partial charge in [0, 0.05) is 13.0 Å². The molecule has 19 heavy (non-hydrogen) atoms. The summed E-state index contributed by atoms with van der Waals surface area (Å²) >= 11 is 0. The first-order valence-corrected chi connectivity index (χ1v) is 6.43. The van der Waals surface area contributed by atoms with Gasteiger partial charge in [0.2, 0.25) is 0 Å². The second kappa shape index (κ2) is 4.80. The summed E-state index contributed by atoms with van der Waals surface area (Å²) < 4.78 is 5.50. The number of nitrogens with two attached hydrogens (primary N) is 1. The predicted molar refractivity (Wildman–Crippen MR) is 76.4 cm³/mol. The third-order valence-corrected chi connectivity index (χ3v) is 3.31. The Morgan fingerprint density at radius 2 is 2.26 bits per heavy atom. The number of anilines is 2. The number of fused-ring (bicyclic) bond motifs is 1. The van der Waals surface area contributed by atoms with Crippen molar-refractivity contribution in [2.24, 2.45) is 0 Å². The number of hydrogen-bond acceptors (Lipinski definition) is 4. The molecule has 0 amide bonds. The summed E-state index contributed by atoms with van der Waals surface area (Å²) in [5.41, 5.74) is 9.98. The molecule has 0 bridgehead atoms. The monoisotopic (exact) mass is 255 g/mol. The molecule has 1 aromatic heterocycles. The Kier molecular flexibility index (Phi) is 2.99. The lowest BCUT2D eigenvalue weighted by atomic mass is 10.1. The minimum Gasteiger partial charge on any atom is -0.493 e. The van der Waals surface area contributed by atoms with E-state index in [4.69, 9.17) is 10.5 Å². The molecule has 1 aromatic carbocycles. The van der Waals surface area contributed by atoms with Gasteiger partial charge in [-0.15, -0.1) is 0 Å². The van der Waals surface area contributed by atoms with Crippen molar-refractivity contribution in [3.05, 3.63) is 47.2 Å². The number of nitrogens with one attached hydrogen (secondary N) is 1. The van der Waals surface area contributed by atoms with E-state index in [1.807, 2.05) is 19.1 Å². The Bertz CT molecular complexity index is 610. The third kappa shape index (κ3) is 2.47. The van der Waals surface area contributed by atoms with Crippen LogP contribution in [0.2, 0.25) is 0 Å². The number of nitrogens with zero attached hydrogens (tertiary/aromatic N) is 1. The number of nitrogen functional groups attached to an aromatic ring is 1. The minimum atomic E-state index is 0.692. The quantitative estimate of drug-likeness (QED) is 0.884. The van der Waals surface area contributed by atoms with Crippen molar-refractivity contribution in [3.8, 4) is 5.75 Å². The van der Waals surface area contributed by atoms with Crippen LogP contribution in [0.15, 0.2) is 30.5 Å². The second-order valence-electron chi connectivity index (χ2n) is 4.83. The van der Waals surface area contributed by atoms with Crippen LogP contribution in [0.25, 0.3) is 0 Å². The predicted octanol–water partition coefficient (Wildman–Crippen LogP) is 2.52. The van der Waals surface area contributed by atoms with Crippen LogP contribution in [-0.2, 0) is 13.0 Å². The summed E-state index contributed by atoms with van der Waals surface area (Å²) in [5, 5.41) is 3.34. The SMILES string of the molecule is Cc1cc(N)cnc1NCc1ccc2c(c1)CCO2. The summed E-state index contributed by atoms with van der Waals surface area (Å²) in [6, 6.07) is 8.25. The van der Waals surface area contributed by atoms with Crippen LogP contribution >= 0.6 is 0 Å². The van der Waals surface area contributed by atoms with Crippen molar-refractivity contribution in [2.45, 2.75) is 19.9 Å². The fraction of sp³-hybridized carbons (Fsp3) is 0.267. The molecule has 98 valence electrons. The first-order valence-electron chi connectivity index (χ1n) is 6.43. The van der Waals surface area contributed by atoms with Gasteiger partial charge in [-0.2, -0.15) is 0 Å². The molecule has 0 fully saturated rings. The molecule has 2 aromatic rings. The summed E-state index contributed by atoms with van der Waals surface area (Å²) in [6.45, 7) is 3.55. The first kappa shape index (κ1) is 11.8. The number of aryl methyl sites for hydroxylation is 1. The van der Waals surface area contributed by atoms with Crippen molar-refractivity contribution in [3.63, 3.8) is 0 Å². The number of pyridine rings is 1.